The smallest absolute Gasteiger partial charge is 0.252 e. The summed E-state index contributed by atoms with van der Waals surface area (Å²) in [7, 11) is 2.05. The van der Waals surface area contributed by atoms with Crippen LogP contribution in [0.4, 0.5) is 5.69 Å². The molecule has 0 atom stereocenters. The number of fused-ring (bicyclic) bond motifs is 2. The van der Waals surface area contributed by atoms with Gasteiger partial charge in [0.2, 0.25) is 0 Å². The van der Waals surface area contributed by atoms with Crippen LogP contribution in [0, 0.1) is 0 Å². The summed E-state index contributed by atoms with van der Waals surface area (Å²) in [5.74, 6) is -0.0683. The van der Waals surface area contributed by atoms with Crippen LogP contribution in [0.2, 0.25) is 5.02 Å². The molecule has 10 heteroatoms. The zero-order chi connectivity index (χ0) is 24.5. The third-order valence-electron chi connectivity index (χ3n) is 7.23. The zero-order valence-electron chi connectivity index (χ0n) is 21.3. The molecular formula is C27H36Cl3N5O2. The van der Waals surface area contributed by atoms with Crippen molar-refractivity contribution < 1.29 is 9.90 Å². The van der Waals surface area contributed by atoms with Crippen LogP contribution in [0.3, 0.4) is 0 Å². The predicted molar refractivity (Wildman–Crippen MR) is 157 cm³/mol. The molecule has 3 heterocycles. The lowest BCUT2D eigenvalue weighted by atomic mass is 9.98. The van der Waals surface area contributed by atoms with Gasteiger partial charge in [-0.15, -0.1) is 24.8 Å². The van der Waals surface area contributed by atoms with Crippen molar-refractivity contribution in [3.63, 3.8) is 0 Å². The number of aromatic nitrogens is 1. The number of nitrogens with one attached hydrogen (secondary N) is 2. The molecule has 0 bridgehead atoms. The number of carbonyl (C=O) groups is 1. The molecule has 7 nitrogen and oxygen atoms in total. The minimum atomic E-state index is -0.0683. The van der Waals surface area contributed by atoms with Crippen molar-refractivity contribution in [1.82, 2.24) is 20.1 Å². The molecule has 0 spiro atoms. The molecule has 1 aromatic heterocycles. The maximum Gasteiger partial charge on any atom is 0.252 e. The van der Waals surface area contributed by atoms with Gasteiger partial charge in [0.05, 0.1) is 22.9 Å². The Morgan fingerprint density at radius 3 is 2.51 bits per heavy atom. The average molecular weight is 569 g/mol. The third kappa shape index (κ3) is 6.03. The van der Waals surface area contributed by atoms with Crippen molar-refractivity contribution in [1.29, 1.82) is 0 Å². The summed E-state index contributed by atoms with van der Waals surface area (Å²) < 4.78 is 0. The molecule has 1 amide bonds. The fourth-order valence-corrected chi connectivity index (χ4v) is 5.68. The fourth-order valence-electron chi connectivity index (χ4n) is 5.32. The lowest BCUT2D eigenvalue weighted by Crippen LogP contribution is -2.46. The number of benzene rings is 2. The highest BCUT2D eigenvalue weighted by atomic mass is 35.5. The van der Waals surface area contributed by atoms with E-state index in [4.69, 9.17) is 16.7 Å². The number of anilines is 1. The molecule has 3 aromatic rings. The molecule has 2 aliphatic heterocycles. The molecule has 0 saturated carbocycles. The van der Waals surface area contributed by atoms with Crippen LogP contribution < -0.4 is 10.2 Å². The summed E-state index contributed by atoms with van der Waals surface area (Å²) in [6.07, 6.45) is 1.02. The van der Waals surface area contributed by atoms with Crippen molar-refractivity contribution in [3.8, 4) is 11.3 Å². The third-order valence-corrected chi connectivity index (χ3v) is 7.65. The second kappa shape index (κ2) is 12.7. The number of hydrogen-bond acceptors (Lipinski definition) is 5. The summed E-state index contributed by atoms with van der Waals surface area (Å²) >= 11 is 6.76. The van der Waals surface area contributed by atoms with Gasteiger partial charge in [0.25, 0.3) is 5.91 Å². The number of aliphatic hydroxyl groups excluding tert-OH is 1. The van der Waals surface area contributed by atoms with Crippen LogP contribution >= 0.6 is 36.4 Å². The quantitative estimate of drug-likeness (QED) is 0.372. The normalized spacial score (nSPS) is 15.7. The largest absolute Gasteiger partial charge is 0.395 e. The van der Waals surface area contributed by atoms with E-state index >= 15 is 0 Å². The van der Waals surface area contributed by atoms with E-state index in [0.717, 1.165) is 85.6 Å². The van der Waals surface area contributed by atoms with E-state index in [1.165, 1.54) is 5.56 Å². The molecule has 2 aromatic carbocycles. The summed E-state index contributed by atoms with van der Waals surface area (Å²) in [6.45, 7) is 9.41. The number of piperazine rings is 1. The molecule has 5 rings (SSSR count). The summed E-state index contributed by atoms with van der Waals surface area (Å²) in [5, 5.41) is 13.9. The van der Waals surface area contributed by atoms with E-state index in [1.807, 2.05) is 7.05 Å². The van der Waals surface area contributed by atoms with Crippen molar-refractivity contribution in [2.24, 2.45) is 0 Å². The Labute approximate surface area is 236 Å². The Morgan fingerprint density at radius 1 is 1.08 bits per heavy atom. The van der Waals surface area contributed by atoms with Gasteiger partial charge in [0.1, 0.15) is 0 Å². The van der Waals surface area contributed by atoms with E-state index in [2.05, 4.69) is 62.3 Å². The van der Waals surface area contributed by atoms with Gasteiger partial charge in [0.15, 0.2) is 0 Å². The van der Waals surface area contributed by atoms with Crippen LogP contribution in [0.1, 0.15) is 34.8 Å². The number of halogens is 3. The van der Waals surface area contributed by atoms with Gasteiger partial charge in [-0.25, -0.2) is 0 Å². The number of amides is 1. The van der Waals surface area contributed by atoms with Gasteiger partial charge in [-0.2, -0.15) is 0 Å². The van der Waals surface area contributed by atoms with E-state index in [0.29, 0.717) is 17.1 Å². The molecule has 202 valence electrons. The van der Waals surface area contributed by atoms with Gasteiger partial charge in [-0.05, 0) is 36.2 Å². The average Bonchev–Trinajstić information content (AvgIpc) is 3.45. The highest BCUT2D eigenvalue weighted by molar-refractivity contribution is 6.35. The van der Waals surface area contributed by atoms with E-state index in [9.17, 15) is 4.79 Å². The number of aromatic amines is 1. The molecule has 0 radical (unpaired) electrons. The van der Waals surface area contributed by atoms with Crippen molar-refractivity contribution >= 4 is 58.9 Å². The first-order valence-corrected chi connectivity index (χ1v) is 12.9. The molecular weight excluding hydrogens is 533 g/mol. The fraction of sp³-hybridized carbons (Fsp3) is 0.444. The standard InChI is InChI=1S/C27H34ClN5O2.2ClH/c1-3-6-31(2)24-15-20(25-21(26(24)28)16-29-27(25)35)23-14-19-13-18(4-5-22(19)30-23)17-33-9-7-32(8-10-33)11-12-34;;/h4-5,13-15,30,34H,3,6-12,16-17H2,1-2H3,(H,29,35);2*1H. The second-order valence-corrected chi connectivity index (χ2v) is 10.0. The highest BCUT2D eigenvalue weighted by Crippen LogP contribution is 2.41. The summed E-state index contributed by atoms with van der Waals surface area (Å²) in [6, 6.07) is 10.8. The number of aliphatic hydroxyl groups is 1. The Balaban J connectivity index is 0.00000190. The summed E-state index contributed by atoms with van der Waals surface area (Å²) in [4.78, 5) is 23.2. The van der Waals surface area contributed by atoms with Crippen LogP contribution in [-0.4, -0.2) is 78.7 Å². The minimum absolute atomic E-state index is 0. The van der Waals surface area contributed by atoms with Crippen LogP contribution in [-0.2, 0) is 13.1 Å². The molecule has 0 unspecified atom stereocenters. The first-order chi connectivity index (χ1) is 17.0. The van der Waals surface area contributed by atoms with Gasteiger partial charge in [-0.3, -0.25) is 14.6 Å². The number of hydrogen-bond donors (Lipinski definition) is 3. The summed E-state index contributed by atoms with van der Waals surface area (Å²) in [5.41, 5.74) is 6.69. The van der Waals surface area contributed by atoms with Crippen molar-refractivity contribution in [3.05, 3.63) is 52.0 Å². The van der Waals surface area contributed by atoms with E-state index in [-0.39, 0.29) is 37.3 Å². The maximum absolute atomic E-state index is 12.8. The molecule has 2 aliphatic rings. The number of rotatable bonds is 8. The first kappa shape index (κ1) is 29.6. The number of β-amino-alcohol motifs (C(OH)–C–C–N with tert-alkyl or cyclic N) is 1. The molecule has 37 heavy (non-hydrogen) atoms. The maximum atomic E-state index is 12.8. The second-order valence-electron chi connectivity index (χ2n) is 9.66. The lowest BCUT2D eigenvalue weighted by molar-refractivity contribution is 0.0966. The molecule has 0 aliphatic carbocycles. The van der Waals surface area contributed by atoms with Crippen molar-refractivity contribution in [2.45, 2.75) is 26.4 Å². The van der Waals surface area contributed by atoms with Gasteiger partial charge < -0.3 is 20.3 Å². The zero-order valence-corrected chi connectivity index (χ0v) is 23.7. The number of nitrogens with zero attached hydrogens (tertiary/aromatic N) is 3. The monoisotopic (exact) mass is 567 g/mol. The van der Waals surface area contributed by atoms with Gasteiger partial charge in [-0.1, -0.05) is 24.6 Å². The van der Waals surface area contributed by atoms with Gasteiger partial charge in [0, 0.05) is 87.1 Å². The Bertz CT molecular complexity index is 1240. The predicted octanol–water partition coefficient (Wildman–Crippen LogP) is 4.53. The lowest BCUT2D eigenvalue weighted by Gasteiger charge is -2.34. The SMILES string of the molecule is CCCN(C)c1cc(-c2cc3cc(CN4CCN(CCO)CC4)ccc3[nH]2)c2c(c1Cl)CNC2=O.Cl.Cl. The van der Waals surface area contributed by atoms with E-state index < -0.39 is 0 Å². The Hall–Kier alpha value is -2.00. The van der Waals surface area contributed by atoms with Crippen LogP contribution in [0.5, 0.6) is 0 Å². The van der Waals surface area contributed by atoms with Crippen LogP contribution in [0.25, 0.3) is 22.2 Å². The van der Waals surface area contributed by atoms with Crippen LogP contribution in [0.15, 0.2) is 30.3 Å². The topological polar surface area (TPSA) is 74.8 Å². The Morgan fingerprint density at radius 2 is 1.81 bits per heavy atom. The molecule has 3 N–H and O–H groups in total. The molecule has 1 saturated heterocycles. The first-order valence-electron chi connectivity index (χ1n) is 12.5. The Kier molecular flexibility index (Phi) is 10.1. The van der Waals surface area contributed by atoms with Gasteiger partial charge >= 0.3 is 0 Å². The highest BCUT2D eigenvalue weighted by Gasteiger charge is 2.29. The number of H-pyrrole nitrogens is 1. The molecule has 1 fully saturated rings. The van der Waals surface area contributed by atoms with Crippen molar-refractivity contribution in [2.75, 3.05) is 57.8 Å². The van der Waals surface area contributed by atoms with E-state index in [1.54, 1.807) is 0 Å². The number of carbonyl (C=O) groups excluding carboxylic acids is 1. The minimum Gasteiger partial charge on any atom is -0.395 e.